The predicted molar refractivity (Wildman–Crippen MR) is 50.7 cm³/mol. The van der Waals surface area contributed by atoms with Crippen molar-refractivity contribution in [3.63, 3.8) is 0 Å². The van der Waals surface area contributed by atoms with Crippen LogP contribution >= 0.6 is 0 Å². The van der Waals surface area contributed by atoms with Gasteiger partial charge in [0.2, 0.25) is 0 Å². The molecule has 1 rings (SSSR count). The summed E-state index contributed by atoms with van der Waals surface area (Å²) in [5.41, 5.74) is 4.57. The fourth-order valence-corrected chi connectivity index (χ4v) is 2.89. The van der Waals surface area contributed by atoms with Crippen LogP contribution in [-0.4, -0.2) is 18.4 Å². The molecule has 0 fully saturated rings. The molecule has 0 bridgehead atoms. The summed E-state index contributed by atoms with van der Waals surface area (Å²) in [6.07, 6.45) is 0. The average molecular weight is 196 g/mol. The molecule has 0 aliphatic heterocycles. The van der Waals surface area contributed by atoms with E-state index in [4.69, 9.17) is 0 Å². The second-order valence-electron chi connectivity index (χ2n) is 3.02. The van der Waals surface area contributed by atoms with Gasteiger partial charge in [-0.2, -0.15) is 0 Å². The summed E-state index contributed by atoms with van der Waals surface area (Å²) in [6.45, 7) is 0. The van der Waals surface area contributed by atoms with Crippen LogP contribution in [0.25, 0.3) is 0 Å². The molecular formula is C9H13As. The zero-order valence-corrected chi connectivity index (χ0v) is 8.42. The Morgan fingerprint density at radius 2 is 1.60 bits per heavy atom. The van der Waals surface area contributed by atoms with Crippen LogP contribution in [0.2, 0.25) is 11.4 Å². The molecule has 0 amide bonds. The van der Waals surface area contributed by atoms with Crippen LogP contribution in [0, 0.1) is 0 Å². The van der Waals surface area contributed by atoms with Gasteiger partial charge < -0.3 is 0 Å². The minimum atomic E-state index is -1.60. The van der Waals surface area contributed by atoms with Gasteiger partial charge in [0.1, 0.15) is 0 Å². The molecule has 1 aromatic rings. The minimum absolute atomic E-state index is 1.46. The van der Waals surface area contributed by atoms with Crippen LogP contribution in [0.4, 0.5) is 0 Å². The summed E-state index contributed by atoms with van der Waals surface area (Å²) in [7, 11) is 0. The summed E-state index contributed by atoms with van der Waals surface area (Å²) in [6, 6.07) is 10.6. The molecule has 10 heavy (non-hydrogen) atoms. The molecule has 0 saturated heterocycles. The Kier molecular flexibility index (Phi) is 2.11. The maximum absolute atomic E-state index is 4.21. The summed E-state index contributed by atoms with van der Waals surface area (Å²) in [4.78, 5) is 0. The van der Waals surface area contributed by atoms with Gasteiger partial charge in [-0.1, -0.05) is 0 Å². The van der Waals surface area contributed by atoms with E-state index in [2.05, 4.69) is 47.1 Å². The number of hydrogen-bond acceptors (Lipinski definition) is 0. The van der Waals surface area contributed by atoms with Crippen molar-refractivity contribution < 1.29 is 0 Å². The zero-order valence-electron chi connectivity index (χ0n) is 6.54. The van der Waals surface area contributed by atoms with Gasteiger partial charge in [0.05, 0.1) is 0 Å². The first-order valence-electron chi connectivity index (χ1n) is 3.34. The Morgan fingerprint density at radius 1 is 1.10 bits per heavy atom. The molecule has 0 unspecified atom stereocenters. The van der Waals surface area contributed by atoms with Gasteiger partial charge in [-0.15, -0.1) is 0 Å². The Hall–Kier alpha value is -0.352. The molecule has 0 nitrogen and oxygen atoms in total. The van der Waals surface area contributed by atoms with E-state index < -0.39 is 13.1 Å². The summed E-state index contributed by atoms with van der Waals surface area (Å²) < 4.78 is 1.46. The molecule has 1 heteroatoms. The molecule has 0 radical (unpaired) electrons. The topological polar surface area (TPSA) is 0 Å². The van der Waals surface area contributed by atoms with Crippen LogP contribution in [0.15, 0.2) is 30.3 Å². The van der Waals surface area contributed by atoms with Crippen molar-refractivity contribution in [1.82, 2.24) is 0 Å². The Bertz CT molecular complexity index is 243. The van der Waals surface area contributed by atoms with Gasteiger partial charge in [-0.05, 0) is 0 Å². The Balaban J connectivity index is 3.09. The van der Waals surface area contributed by atoms with Gasteiger partial charge in [-0.3, -0.25) is 0 Å². The number of hydrogen-bond donors (Lipinski definition) is 0. The van der Waals surface area contributed by atoms with E-state index in [0.717, 1.165) is 0 Å². The molecule has 54 valence electrons. The normalized spacial score (nSPS) is 11.4. The Labute approximate surface area is 64.9 Å². The second-order valence-corrected chi connectivity index (χ2v) is 11.2. The molecule has 1 aromatic carbocycles. The van der Waals surface area contributed by atoms with Gasteiger partial charge in [0.25, 0.3) is 0 Å². The van der Waals surface area contributed by atoms with Gasteiger partial charge in [0.15, 0.2) is 0 Å². The van der Waals surface area contributed by atoms with Crippen molar-refractivity contribution >= 4 is 22.8 Å². The maximum atomic E-state index is 4.21. The van der Waals surface area contributed by atoms with Gasteiger partial charge in [0, 0.05) is 0 Å². The van der Waals surface area contributed by atoms with Gasteiger partial charge in [-0.25, -0.2) is 0 Å². The molecule has 0 aliphatic rings. The van der Waals surface area contributed by atoms with Crippen molar-refractivity contribution in [3.8, 4) is 0 Å². The third-order valence-electron chi connectivity index (χ3n) is 1.46. The van der Waals surface area contributed by atoms with Crippen molar-refractivity contribution in [2.75, 3.05) is 0 Å². The van der Waals surface area contributed by atoms with Crippen LogP contribution in [0.5, 0.6) is 0 Å². The van der Waals surface area contributed by atoms with Crippen LogP contribution in [-0.2, 0) is 0 Å². The third-order valence-corrected chi connectivity index (χ3v) is 5.01. The van der Waals surface area contributed by atoms with E-state index >= 15 is 0 Å². The molecule has 0 N–H and O–H groups in total. The van der Waals surface area contributed by atoms with E-state index in [-0.39, 0.29) is 0 Å². The molecule has 0 heterocycles. The standard InChI is InChI=1S/C9H13As/c1-10(2,3)9-7-5-4-6-8-9/h4-8H,1H2,2-3H3. The first kappa shape index (κ1) is 7.75. The monoisotopic (exact) mass is 196 g/mol. The van der Waals surface area contributed by atoms with Crippen molar-refractivity contribution in [2.24, 2.45) is 0 Å². The first-order chi connectivity index (χ1) is 4.61. The molecule has 0 saturated carbocycles. The third kappa shape index (κ3) is 1.81. The fourth-order valence-electron chi connectivity index (χ4n) is 0.832. The van der Waals surface area contributed by atoms with E-state index in [9.17, 15) is 0 Å². The Morgan fingerprint density at radius 3 is 1.90 bits per heavy atom. The van der Waals surface area contributed by atoms with Crippen LogP contribution in [0.3, 0.4) is 0 Å². The summed E-state index contributed by atoms with van der Waals surface area (Å²) in [5, 5.41) is 4.21. The SMILES string of the molecule is C=[As](C)(C)c1ccccc1. The van der Waals surface area contributed by atoms with E-state index in [1.54, 1.807) is 0 Å². The zero-order chi connectivity index (χ0) is 7.61. The van der Waals surface area contributed by atoms with Crippen molar-refractivity contribution in [3.05, 3.63) is 30.3 Å². The molecule has 0 atom stereocenters. The van der Waals surface area contributed by atoms with Gasteiger partial charge >= 0.3 is 64.5 Å². The van der Waals surface area contributed by atoms with E-state index in [1.807, 2.05) is 0 Å². The second kappa shape index (κ2) is 2.72. The van der Waals surface area contributed by atoms with Crippen LogP contribution < -0.4 is 4.35 Å². The van der Waals surface area contributed by atoms with E-state index in [1.165, 1.54) is 4.35 Å². The quantitative estimate of drug-likeness (QED) is 0.598. The summed E-state index contributed by atoms with van der Waals surface area (Å²) in [5.74, 6) is 0. The van der Waals surface area contributed by atoms with Crippen molar-refractivity contribution in [1.29, 1.82) is 0 Å². The number of benzene rings is 1. The van der Waals surface area contributed by atoms with E-state index in [0.29, 0.717) is 0 Å². The fraction of sp³-hybridized carbons (Fsp3) is 0.222. The average Bonchev–Trinajstić information content (AvgIpc) is 1.88. The molecule has 0 aliphatic carbocycles. The molecule has 0 spiro atoms. The molecule has 0 aromatic heterocycles. The first-order valence-corrected chi connectivity index (χ1v) is 9.36. The van der Waals surface area contributed by atoms with Crippen LogP contribution in [0.1, 0.15) is 0 Å². The van der Waals surface area contributed by atoms with Crippen molar-refractivity contribution in [2.45, 2.75) is 11.4 Å². The predicted octanol–water partition coefficient (Wildman–Crippen LogP) is 1.62. The molecular weight excluding hydrogens is 183 g/mol. The number of rotatable bonds is 1. The summed E-state index contributed by atoms with van der Waals surface area (Å²) >= 11 is -1.60.